The first-order chi connectivity index (χ1) is 6.98. The summed E-state index contributed by atoms with van der Waals surface area (Å²) < 4.78 is 27.3. The summed E-state index contributed by atoms with van der Waals surface area (Å²) in [5.41, 5.74) is 0.285. The Labute approximate surface area is 86.9 Å². The first-order valence-corrected chi connectivity index (χ1v) is 5.86. The molecule has 0 bridgehead atoms. The van der Waals surface area contributed by atoms with E-state index >= 15 is 0 Å². The maximum Gasteiger partial charge on any atom is 0.238 e. The standard InChI is InChI=1S/C9H9NO4S/c10-15(12,13)6-1-2-9-7(5-6)8(11)3-4-14-9/h1-2,5H,3-4H2,(H2,10,12,13). The van der Waals surface area contributed by atoms with Gasteiger partial charge in [0.05, 0.1) is 17.1 Å². The number of ether oxygens (including phenoxy) is 1. The third-order valence-electron chi connectivity index (χ3n) is 2.17. The first-order valence-electron chi connectivity index (χ1n) is 4.31. The molecule has 0 amide bonds. The van der Waals surface area contributed by atoms with Gasteiger partial charge in [0, 0.05) is 6.42 Å². The summed E-state index contributed by atoms with van der Waals surface area (Å²) in [6.45, 7) is 0.334. The Morgan fingerprint density at radius 2 is 2.07 bits per heavy atom. The summed E-state index contributed by atoms with van der Waals surface area (Å²) in [6, 6.07) is 4.03. The second kappa shape index (κ2) is 3.32. The summed E-state index contributed by atoms with van der Waals surface area (Å²) in [5, 5.41) is 4.96. The van der Waals surface area contributed by atoms with Crippen LogP contribution in [0.25, 0.3) is 0 Å². The second-order valence-corrected chi connectivity index (χ2v) is 4.79. The van der Waals surface area contributed by atoms with Crippen molar-refractivity contribution in [2.45, 2.75) is 11.3 Å². The van der Waals surface area contributed by atoms with Crippen molar-refractivity contribution in [3.05, 3.63) is 23.8 Å². The molecule has 0 atom stereocenters. The fourth-order valence-corrected chi connectivity index (χ4v) is 1.96. The van der Waals surface area contributed by atoms with Gasteiger partial charge in [-0.3, -0.25) is 4.79 Å². The zero-order chi connectivity index (χ0) is 11.1. The minimum Gasteiger partial charge on any atom is -0.492 e. The maximum absolute atomic E-state index is 11.4. The quantitative estimate of drug-likeness (QED) is 0.747. The molecule has 2 N–H and O–H groups in total. The maximum atomic E-state index is 11.4. The number of hydrogen-bond acceptors (Lipinski definition) is 4. The molecule has 6 heteroatoms. The smallest absolute Gasteiger partial charge is 0.238 e. The van der Waals surface area contributed by atoms with Crippen molar-refractivity contribution < 1.29 is 17.9 Å². The number of rotatable bonds is 1. The van der Waals surface area contributed by atoms with E-state index in [4.69, 9.17) is 9.88 Å². The number of carbonyl (C=O) groups is 1. The summed E-state index contributed by atoms with van der Waals surface area (Å²) >= 11 is 0. The molecule has 5 nitrogen and oxygen atoms in total. The Morgan fingerprint density at radius 3 is 2.73 bits per heavy atom. The van der Waals surface area contributed by atoms with Gasteiger partial charge in [0.1, 0.15) is 5.75 Å². The van der Waals surface area contributed by atoms with Gasteiger partial charge in [0.2, 0.25) is 10.0 Å². The summed E-state index contributed by atoms with van der Waals surface area (Å²) in [4.78, 5) is 11.4. The highest BCUT2D eigenvalue weighted by molar-refractivity contribution is 7.89. The zero-order valence-corrected chi connectivity index (χ0v) is 8.58. The van der Waals surface area contributed by atoms with Crippen molar-refractivity contribution in [2.75, 3.05) is 6.61 Å². The number of benzene rings is 1. The minimum atomic E-state index is -3.77. The van der Waals surface area contributed by atoms with E-state index in [-0.39, 0.29) is 22.7 Å². The fraction of sp³-hybridized carbons (Fsp3) is 0.222. The van der Waals surface area contributed by atoms with Crippen LogP contribution in [-0.2, 0) is 10.0 Å². The lowest BCUT2D eigenvalue weighted by molar-refractivity contribution is 0.0933. The van der Waals surface area contributed by atoms with E-state index in [9.17, 15) is 13.2 Å². The number of sulfonamides is 1. The van der Waals surface area contributed by atoms with E-state index in [1.54, 1.807) is 0 Å². The number of nitrogens with two attached hydrogens (primary N) is 1. The molecule has 0 fully saturated rings. The predicted molar refractivity (Wildman–Crippen MR) is 52.3 cm³/mol. The summed E-state index contributed by atoms with van der Waals surface area (Å²) in [7, 11) is -3.77. The molecule has 0 saturated heterocycles. The monoisotopic (exact) mass is 227 g/mol. The van der Waals surface area contributed by atoms with Crippen molar-refractivity contribution in [3.63, 3.8) is 0 Å². The number of primary sulfonamides is 1. The molecule has 0 radical (unpaired) electrons. The van der Waals surface area contributed by atoms with Gasteiger partial charge < -0.3 is 4.74 Å². The number of fused-ring (bicyclic) bond motifs is 1. The van der Waals surface area contributed by atoms with Gasteiger partial charge >= 0.3 is 0 Å². The molecule has 0 spiro atoms. The van der Waals surface area contributed by atoms with Gasteiger partial charge in [-0.05, 0) is 18.2 Å². The van der Waals surface area contributed by atoms with Gasteiger partial charge in [-0.15, -0.1) is 0 Å². The van der Waals surface area contributed by atoms with Crippen molar-refractivity contribution in [2.24, 2.45) is 5.14 Å². The molecule has 80 valence electrons. The molecule has 0 unspecified atom stereocenters. The lowest BCUT2D eigenvalue weighted by Crippen LogP contribution is -2.18. The topological polar surface area (TPSA) is 86.5 Å². The van der Waals surface area contributed by atoms with Crippen LogP contribution in [0, 0.1) is 0 Å². The molecule has 15 heavy (non-hydrogen) atoms. The van der Waals surface area contributed by atoms with Crippen LogP contribution in [0.5, 0.6) is 5.75 Å². The summed E-state index contributed by atoms with van der Waals surface area (Å²) in [6.07, 6.45) is 0.265. The van der Waals surface area contributed by atoms with Crippen LogP contribution in [0.15, 0.2) is 23.1 Å². The predicted octanol–water partition coefficient (Wildman–Crippen LogP) is 0.299. The van der Waals surface area contributed by atoms with E-state index in [1.165, 1.54) is 18.2 Å². The normalized spacial score (nSPS) is 15.7. The highest BCUT2D eigenvalue weighted by Crippen LogP contribution is 2.26. The third-order valence-corrected chi connectivity index (χ3v) is 3.08. The number of carbonyl (C=O) groups excluding carboxylic acids is 1. The van der Waals surface area contributed by atoms with Crippen molar-refractivity contribution >= 4 is 15.8 Å². The van der Waals surface area contributed by atoms with Crippen LogP contribution in [0.3, 0.4) is 0 Å². The lowest BCUT2D eigenvalue weighted by Gasteiger charge is -2.16. The van der Waals surface area contributed by atoms with Gasteiger partial charge in [0.25, 0.3) is 0 Å². The average molecular weight is 227 g/mol. The fourth-order valence-electron chi connectivity index (χ4n) is 1.42. The average Bonchev–Trinajstić information content (AvgIpc) is 2.16. The molecule has 1 heterocycles. The molecule has 2 rings (SSSR count). The van der Waals surface area contributed by atoms with Crippen LogP contribution in [-0.4, -0.2) is 20.8 Å². The number of ketones is 1. The van der Waals surface area contributed by atoms with Crippen molar-refractivity contribution in [1.29, 1.82) is 0 Å². The molecular formula is C9H9NO4S. The Balaban J connectivity index is 2.58. The van der Waals surface area contributed by atoms with E-state index in [0.717, 1.165) is 0 Å². The third kappa shape index (κ3) is 1.86. The van der Waals surface area contributed by atoms with E-state index in [1.807, 2.05) is 0 Å². The molecule has 0 saturated carbocycles. The molecule has 0 aliphatic carbocycles. The Morgan fingerprint density at radius 1 is 1.33 bits per heavy atom. The zero-order valence-electron chi connectivity index (χ0n) is 7.76. The molecule has 1 aliphatic heterocycles. The Kier molecular flexibility index (Phi) is 2.24. The van der Waals surface area contributed by atoms with Gasteiger partial charge in [0.15, 0.2) is 5.78 Å². The van der Waals surface area contributed by atoms with E-state index in [0.29, 0.717) is 12.4 Å². The van der Waals surface area contributed by atoms with Crippen LogP contribution >= 0.6 is 0 Å². The minimum absolute atomic E-state index is 0.0694. The number of Topliss-reactive ketones (excluding diaryl/α,β-unsaturated/α-hetero) is 1. The van der Waals surface area contributed by atoms with Gasteiger partial charge in [-0.1, -0.05) is 0 Å². The first kappa shape index (κ1) is 10.1. The van der Waals surface area contributed by atoms with Crippen LogP contribution in [0.2, 0.25) is 0 Å². The molecule has 1 aromatic carbocycles. The largest absolute Gasteiger partial charge is 0.492 e. The van der Waals surface area contributed by atoms with Crippen LogP contribution in [0.1, 0.15) is 16.8 Å². The van der Waals surface area contributed by atoms with Crippen molar-refractivity contribution in [3.8, 4) is 5.75 Å². The number of hydrogen-bond donors (Lipinski definition) is 1. The highest BCUT2D eigenvalue weighted by Gasteiger charge is 2.20. The molecule has 0 aromatic heterocycles. The highest BCUT2D eigenvalue weighted by atomic mass is 32.2. The molecule has 1 aromatic rings. The van der Waals surface area contributed by atoms with Crippen molar-refractivity contribution in [1.82, 2.24) is 0 Å². The van der Waals surface area contributed by atoms with E-state index < -0.39 is 10.0 Å². The Hall–Kier alpha value is -1.40. The molecule has 1 aliphatic rings. The lowest BCUT2D eigenvalue weighted by atomic mass is 10.1. The summed E-state index contributed by atoms with van der Waals surface area (Å²) in [5.74, 6) is 0.292. The second-order valence-electron chi connectivity index (χ2n) is 3.22. The van der Waals surface area contributed by atoms with Gasteiger partial charge in [-0.25, -0.2) is 13.6 Å². The van der Waals surface area contributed by atoms with E-state index in [2.05, 4.69) is 0 Å². The Bertz CT molecular complexity index is 521. The van der Waals surface area contributed by atoms with Crippen LogP contribution in [0.4, 0.5) is 0 Å². The van der Waals surface area contributed by atoms with Crippen LogP contribution < -0.4 is 9.88 Å². The van der Waals surface area contributed by atoms with Gasteiger partial charge in [-0.2, -0.15) is 0 Å². The SMILES string of the molecule is NS(=O)(=O)c1ccc2c(c1)C(=O)CCO2. The molecular weight excluding hydrogens is 218 g/mol.